The molecule has 0 radical (unpaired) electrons. The van der Waals surface area contributed by atoms with Crippen LogP contribution >= 0.6 is 0 Å². The first kappa shape index (κ1) is 15.1. The standard InChI is InChI=1S/C18H20N4O2/c1-23-13-15-12-21(9-10-24-15)18-11-16(14-5-3-2-4-6-14)20-17-7-8-19-22(17)18/h2-8,11,15H,9-10,12-13H2,1H3. The van der Waals surface area contributed by atoms with Crippen molar-refractivity contribution in [2.45, 2.75) is 6.10 Å². The first-order valence-electron chi connectivity index (χ1n) is 8.11. The van der Waals surface area contributed by atoms with E-state index >= 15 is 0 Å². The molecule has 0 N–H and O–H groups in total. The van der Waals surface area contributed by atoms with E-state index in [0.29, 0.717) is 13.2 Å². The predicted octanol–water partition coefficient (Wildman–Crippen LogP) is 2.25. The fourth-order valence-corrected chi connectivity index (χ4v) is 3.09. The summed E-state index contributed by atoms with van der Waals surface area (Å²) in [5, 5.41) is 4.44. The van der Waals surface area contributed by atoms with Crippen LogP contribution in [0.3, 0.4) is 0 Å². The smallest absolute Gasteiger partial charge is 0.157 e. The van der Waals surface area contributed by atoms with Crippen LogP contribution in [0.2, 0.25) is 0 Å². The maximum absolute atomic E-state index is 5.77. The highest BCUT2D eigenvalue weighted by Gasteiger charge is 2.23. The first-order chi connectivity index (χ1) is 11.8. The number of ether oxygens (including phenoxy) is 2. The van der Waals surface area contributed by atoms with E-state index in [0.717, 1.165) is 35.8 Å². The number of aromatic nitrogens is 3. The summed E-state index contributed by atoms with van der Waals surface area (Å²) < 4.78 is 12.9. The van der Waals surface area contributed by atoms with Crippen LogP contribution in [-0.2, 0) is 9.47 Å². The van der Waals surface area contributed by atoms with Gasteiger partial charge in [-0.15, -0.1) is 0 Å². The van der Waals surface area contributed by atoms with Gasteiger partial charge in [0.1, 0.15) is 5.82 Å². The van der Waals surface area contributed by atoms with Crippen LogP contribution in [0.5, 0.6) is 0 Å². The van der Waals surface area contributed by atoms with E-state index in [2.05, 4.69) is 28.2 Å². The van der Waals surface area contributed by atoms with Crippen LogP contribution < -0.4 is 4.90 Å². The Bertz CT molecular complexity index is 816. The van der Waals surface area contributed by atoms with E-state index in [4.69, 9.17) is 14.5 Å². The van der Waals surface area contributed by atoms with Crippen molar-refractivity contribution >= 4 is 11.5 Å². The van der Waals surface area contributed by atoms with E-state index in [1.165, 1.54) is 0 Å². The molecule has 0 bridgehead atoms. The molecule has 1 saturated heterocycles. The van der Waals surface area contributed by atoms with Gasteiger partial charge >= 0.3 is 0 Å². The van der Waals surface area contributed by atoms with E-state index in [1.54, 1.807) is 13.3 Å². The molecular formula is C18H20N4O2. The second kappa shape index (κ2) is 6.59. The number of rotatable bonds is 4. The van der Waals surface area contributed by atoms with Crippen LogP contribution in [0.4, 0.5) is 5.82 Å². The summed E-state index contributed by atoms with van der Waals surface area (Å²) in [5.41, 5.74) is 2.90. The molecule has 1 atom stereocenters. The summed E-state index contributed by atoms with van der Waals surface area (Å²) in [6.45, 7) is 2.88. The third-order valence-corrected chi connectivity index (χ3v) is 4.23. The van der Waals surface area contributed by atoms with Crippen molar-refractivity contribution in [3.63, 3.8) is 0 Å². The van der Waals surface area contributed by atoms with Gasteiger partial charge in [-0.05, 0) is 0 Å². The quantitative estimate of drug-likeness (QED) is 0.737. The number of methoxy groups -OCH3 is 1. The van der Waals surface area contributed by atoms with Gasteiger partial charge in [-0.3, -0.25) is 0 Å². The van der Waals surface area contributed by atoms with Crippen molar-refractivity contribution in [1.29, 1.82) is 0 Å². The van der Waals surface area contributed by atoms with Crippen molar-refractivity contribution in [1.82, 2.24) is 14.6 Å². The highest BCUT2D eigenvalue weighted by molar-refractivity contribution is 5.66. The minimum Gasteiger partial charge on any atom is -0.382 e. The van der Waals surface area contributed by atoms with Gasteiger partial charge in [-0.25, -0.2) is 4.98 Å². The highest BCUT2D eigenvalue weighted by Crippen LogP contribution is 2.25. The monoisotopic (exact) mass is 324 g/mol. The van der Waals surface area contributed by atoms with E-state index < -0.39 is 0 Å². The summed E-state index contributed by atoms with van der Waals surface area (Å²) in [7, 11) is 1.70. The summed E-state index contributed by atoms with van der Waals surface area (Å²) in [6.07, 6.45) is 1.86. The zero-order chi connectivity index (χ0) is 16.4. The lowest BCUT2D eigenvalue weighted by Gasteiger charge is -2.34. The van der Waals surface area contributed by atoms with Gasteiger partial charge in [0.05, 0.1) is 31.2 Å². The number of fused-ring (bicyclic) bond motifs is 1. The molecule has 1 aromatic carbocycles. The van der Waals surface area contributed by atoms with Crippen LogP contribution in [0, 0.1) is 0 Å². The van der Waals surface area contributed by atoms with E-state index in [9.17, 15) is 0 Å². The molecule has 0 amide bonds. The van der Waals surface area contributed by atoms with Crippen molar-refractivity contribution in [2.24, 2.45) is 0 Å². The Balaban J connectivity index is 1.75. The third kappa shape index (κ3) is 2.86. The third-order valence-electron chi connectivity index (χ3n) is 4.23. The van der Waals surface area contributed by atoms with Gasteiger partial charge in [-0.2, -0.15) is 9.61 Å². The summed E-state index contributed by atoms with van der Waals surface area (Å²) in [4.78, 5) is 7.03. The molecule has 6 heteroatoms. The van der Waals surface area contributed by atoms with Crippen molar-refractivity contribution in [2.75, 3.05) is 38.3 Å². The molecular weight excluding hydrogens is 304 g/mol. The second-order valence-corrected chi connectivity index (χ2v) is 5.86. The number of nitrogens with zero attached hydrogens (tertiary/aromatic N) is 4. The van der Waals surface area contributed by atoms with Crippen LogP contribution in [0.15, 0.2) is 48.7 Å². The molecule has 124 valence electrons. The number of morpholine rings is 1. The molecule has 1 unspecified atom stereocenters. The van der Waals surface area contributed by atoms with Gasteiger partial charge < -0.3 is 14.4 Å². The fraction of sp³-hybridized carbons (Fsp3) is 0.333. The number of anilines is 1. The van der Waals surface area contributed by atoms with E-state index in [-0.39, 0.29) is 6.10 Å². The highest BCUT2D eigenvalue weighted by atomic mass is 16.5. The minimum absolute atomic E-state index is 0.0719. The number of benzene rings is 1. The van der Waals surface area contributed by atoms with Gasteiger partial charge in [-0.1, -0.05) is 30.3 Å². The molecule has 0 spiro atoms. The molecule has 1 aliphatic rings. The van der Waals surface area contributed by atoms with Gasteiger partial charge in [0, 0.05) is 37.9 Å². The van der Waals surface area contributed by atoms with Crippen molar-refractivity contribution < 1.29 is 9.47 Å². The van der Waals surface area contributed by atoms with E-state index in [1.807, 2.05) is 28.8 Å². The molecule has 4 rings (SSSR count). The molecule has 0 aliphatic carbocycles. The Morgan fingerprint density at radius 2 is 2.12 bits per heavy atom. The normalized spacial score (nSPS) is 18.2. The average molecular weight is 324 g/mol. The van der Waals surface area contributed by atoms with Crippen LogP contribution in [-0.4, -0.2) is 54.1 Å². The Hall–Kier alpha value is -2.44. The van der Waals surface area contributed by atoms with Crippen LogP contribution in [0.25, 0.3) is 16.9 Å². The summed E-state index contributed by atoms with van der Waals surface area (Å²) in [5.74, 6) is 1.04. The molecule has 0 saturated carbocycles. The second-order valence-electron chi connectivity index (χ2n) is 5.86. The molecule has 24 heavy (non-hydrogen) atoms. The number of hydrogen-bond donors (Lipinski definition) is 0. The van der Waals surface area contributed by atoms with Gasteiger partial charge in [0.25, 0.3) is 0 Å². The van der Waals surface area contributed by atoms with Gasteiger partial charge in [0.15, 0.2) is 5.65 Å². The van der Waals surface area contributed by atoms with Crippen molar-refractivity contribution in [3.05, 3.63) is 48.7 Å². The summed E-state index contributed by atoms with van der Waals surface area (Å²) >= 11 is 0. The first-order valence-corrected chi connectivity index (χ1v) is 8.11. The fourth-order valence-electron chi connectivity index (χ4n) is 3.09. The Morgan fingerprint density at radius 1 is 1.25 bits per heavy atom. The molecule has 3 aromatic rings. The number of hydrogen-bond acceptors (Lipinski definition) is 5. The zero-order valence-corrected chi connectivity index (χ0v) is 13.6. The summed E-state index contributed by atoms with van der Waals surface area (Å²) in [6, 6.07) is 14.3. The lowest BCUT2D eigenvalue weighted by Crippen LogP contribution is -2.45. The largest absolute Gasteiger partial charge is 0.382 e. The van der Waals surface area contributed by atoms with Gasteiger partial charge in [0.2, 0.25) is 0 Å². The Morgan fingerprint density at radius 3 is 2.96 bits per heavy atom. The lowest BCUT2D eigenvalue weighted by atomic mass is 10.1. The Kier molecular flexibility index (Phi) is 4.15. The topological polar surface area (TPSA) is 51.9 Å². The minimum atomic E-state index is 0.0719. The van der Waals surface area contributed by atoms with Crippen molar-refractivity contribution in [3.8, 4) is 11.3 Å². The molecule has 2 aromatic heterocycles. The van der Waals surface area contributed by atoms with Crippen LogP contribution in [0.1, 0.15) is 0 Å². The predicted molar refractivity (Wildman–Crippen MR) is 92.3 cm³/mol. The molecule has 3 heterocycles. The average Bonchev–Trinajstić information content (AvgIpc) is 3.11. The zero-order valence-electron chi connectivity index (χ0n) is 13.6. The molecule has 6 nitrogen and oxygen atoms in total. The Labute approximate surface area is 140 Å². The maximum atomic E-state index is 5.77. The molecule has 1 aliphatic heterocycles. The SMILES string of the molecule is COCC1CN(c2cc(-c3ccccc3)nc3ccnn23)CCO1. The lowest BCUT2D eigenvalue weighted by molar-refractivity contribution is -0.0103. The maximum Gasteiger partial charge on any atom is 0.157 e. The molecule has 1 fully saturated rings.